The monoisotopic (exact) mass is 396 g/mol. The first-order valence-electron chi connectivity index (χ1n) is 9.49. The smallest absolute Gasteiger partial charge is 0.232 e. The van der Waals surface area contributed by atoms with Crippen molar-refractivity contribution in [2.24, 2.45) is 0 Å². The van der Waals surface area contributed by atoms with Crippen LogP contribution in [0.3, 0.4) is 0 Å². The minimum absolute atomic E-state index is 0.0135. The zero-order valence-corrected chi connectivity index (χ0v) is 17.7. The number of nitrogens with one attached hydrogen (secondary N) is 1. The normalized spacial score (nSPS) is 21.5. The molecular weight excluding hydrogens is 364 g/mol. The SMILES string of the molecule is CC(SC1CCCCC1Sc1ccc(O)cc1)C(=O)NCCCN(C)C. The van der Waals surface area contributed by atoms with Gasteiger partial charge in [0, 0.05) is 21.9 Å². The van der Waals surface area contributed by atoms with E-state index in [1.165, 1.54) is 30.6 Å². The van der Waals surface area contributed by atoms with E-state index in [4.69, 9.17) is 0 Å². The van der Waals surface area contributed by atoms with Gasteiger partial charge in [0.2, 0.25) is 5.91 Å². The summed E-state index contributed by atoms with van der Waals surface area (Å²) in [4.78, 5) is 15.7. The summed E-state index contributed by atoms with van der Waals surface area (Å²) < 4.78 is 0. The van der Waals surface area contributed by atoms with Gasteiger partial charge in [0.05, 0.1) is 5.25 Å². The predicted molar refractivity (Wildman–Crippen MR) is 113 cm³/mol. The Kier molecular flexibility index (Phi) is 9.16. The highest BCUT2D eigenvalue weighted by Crippen LogP contribution is 2.41. The lowest BCUT2D eigenvalue weighted by Crippen LogP contribution is -2.35. The topological polar surface area (TPSA) is 52.6 Å². The molecule has 1 saturated carbocycles. The second-order valence-electron chi connectivity index (χ2n) is 7.20. The van der Waals surface area contributed by atoms with Crippen molar-refractivity contribution in [1.29, 1.82) is 0 Å². The van der Waals surface area contributed by atoms with Crippen LogP contribution >= 0.6 is 23.5 Å². The Morgan fingerprint density at radius 1 is 1.23 bits per heavy atom. The third-order valence-electron chi connectivity index (χ3n) is 4.60. The molecule has 1 amide bonds. The van der Waals surface area contributed by atoms with E-state index in [1.807, 2.05) is 42.6 Å². The average molecular weight is 397 g/mol. The second kappa shape index (κ2) is 11.1. The highest BCUT2D eigenvalue weighted by Gasteiger charge is 2.29. The van der Waals surface area contributed by atoms with Crippen LogP contribution in [0.1, 0.15) is 39.0 Å². The minimum atomic E-state index is -0.0135. The second-order valence-corrected chi connectivity index (χ2v) is 10.1. The lowest BCUT2D eigenvalue weighted by Gasteiger charge is -2.32. The van der Waals surface area contributed by atoms with Crippen molar-refractivity contribution in [2.75, 3.05) is 27.2 Å². The molecule has 26 heavy (non-hydrogen) atoms. The molecule has 0 radical (unpaired) electrons. The maximum Gasteiger partial charge on any atom is 0.232 e. The summed E-state index contributed by atoms with van der Waals surface area (Å²) in [5, 5.41) is 13.6. The van der Waals surface area contributed by atoms with Gasteiger partial charge in [0.15, 0.2) is 0 Å². The summed E-state index contributed by atoms with van der Waals surface area (Å²) in [7, 11) is 4.10. The van der Waals surface area contributed by atoms with Gasteiger partial charge in [0.25, 0.3) is 0 Å². The average Bonchev–Trinajstić information content (AvgIpc) is 2.62. The van der Waals surface area contributed by atoms with Gasteiger partial charge >= 0.3 is 0 Å². The standard InChI is InChI=1S/C20H32N2O2S2/c1-15(20(24)21-13-6-14-22(2)3)25-18-7-4-5-8-19(18)26-17-11-9-16(23)10-12-17/h9-12,15,18-19,23H,4-8,13-14H2,1-3H3,(H,21,24). The summed E-state index contributed by atoms with van der Waals surface area (Å²) in [5.41, 5.74) is 0. The Bertz CT molecular complexity index is 551. The summed E-state index contributed by atoms with van der Waals surface area (Å²) >= 11 is 3.72. The zero-order chi connectivity index (χ0) is 18.9. The molecule has 1 fully saturated rings. The number of nitrogens with zero attached hydrogens (tertiary/aromatic N) is 1. The van der Waals surface area contributed by atoms with E-state index in [2.05, 4.69) is 24.3 Å². The van der Waals surface area contributed by atoms with E-state index in [-0.39, 0.29) is 11.2 Å². The van der Waals surface area contributed by atoms with Crippen molar-refractivity contribution >= 4 is 29.4 Å². The van der Waals surface area contributed by atoms with E-state index in [0.717, 1.165) is 19.5 Å². The van der Waals surface area contributed by atoms with E-state index >= 15 is 0 Å². The first-order chi connectivity index (χ1) is 12.5. The van der Waals surface area contributed by atoms with Gasteiger partial charge in [-0.25, -0.2) is 0 Å². The van der Waals surface area contributed by atoms with Crippen LogP contribution in [-0.2, 0) is 4.79 Å². The minimum Gasteiger partial charge on any atom is -0.508 e. The molecule has 0 aliphatic heterocycles. The van der Waals surface area contributed by atoms with Crippen molar-refractivity contribution in [3.63, 3.8) is 0 Å². The van der Waals surface area contributed by atoms with Crippen LogP contribution in [0.4, 0.5) is 0 Å². The molecule has 1 aromatic rings. The molecule has 3 unspecified atom stereocenters. The van der Waals surface area contributed by atoms with Crippen molar-refractivity contribution in [2.45, 2.75) is 59.7 Å². The van der Waals surface area contributed by atoms with Gasteiger partial charge in [-0.1, -0.05) is 12.8 Å². The van der Waals surface area contributed by atoms with Crippen LogP contribution in [0.25, 0.3) is 0 Å². The molecule has 0 saturated heterocycles. The summed E-state index contributed by atoms with van der Waals surface area (Å²) in [6, 6.07) is 7.46. The molecular formula is C20H32N2O2S2. The summed E-state index contributed by atoms with van der Waals surface area (Å²) in [6.07, 6.45) is 5.87. The molecule has 1 aliphatic carbocycles. The lowest BCUT2D eigenvalue weighted by atomic mass is 10.00. The molecule has 6 heteroatoms. The van der Waals surface area contributed by atoms with E-state index < -0.39 is 0 Å². The van der Waals surface area contributed by atoms with Crippen LogP contribution < -0.4 is 5.32 Å². The first-order valence-corrected chi connectivity index (χ1v) is 11.3. The molecule has 0 aromatic heterocycles. The number of rotatable bonds is 9. The fourth-order valence-corrected chi connectivity index (χ4v) is 6.05. The van der Waals surface area contributed by atoms with Crippen molar-refractivity contribution in [3.8, 4) is 5.75 Å². The predicted octanol–water partition coefficient (Wildman–Crippen LogP) is 3.99. The Morgan fingerprint density at radius 3 is 2.54 bits per heavy atom. The number of benzene rings is 1. The van der Waals surface area contributed by atoms with Crippen molar-refractivity contribution < 1.29 is 9.90 Å². The van der Waals surface area contributed by atoms with Crippen LogP contribution in [-0.4, -0.2) is 58.8 Å². The fourth-order valence-electron chi connectivity index (χ4n) is 3.13. The third kappa shape index (κ3) is 7.41. The quantitative estimate of drug-likeness (QED) is 0.618. The van der Waals surface area contributed by atoms with Crippen LogP contribution in [0.15, 0.2) is 29.2 Å². The lowest BCUT2D eigenvalue weighted by molar-refractivity contribution is -0.120. The number of carbonyl (C=O) groups excluding carboxylic acids is 1. The van der Waals surface area contributed by atoms with Crippen molar-refractivity contribution in [3.05, 3.63) is 24.3 Å². The number of thioether (sulfide) groups is 2. The molecule has 1 aliphatic rings. The molecule has 146 valence electrons. The van der Waals surface area contributed by atoms with E-state index in [1.54, 1.807) is 12.1 Å². The van der Waals surface area contributed by atoms with Crippen LogP contribution in [0, 0.1) is 0 Å². The number of phenolic OH excluding ortho intramolecular Hbond substituents is 1. The van der Waals surface area contributed by atoms with Gasteiger partial charge in [-0.2, -0.15) is 0 Å². The molecule has 3 atom stereocenters. The third-order valence-corrected chi connectivity index (χ3v) is 7.72. The molecule has 1 aromatic carbocycles. The van der Waals surface area contributed by atoms with E-state index in [9.17, 15) is 9.90 Å². The molecule has 2 N–H and O–H groups in total. The largest absolute Gasteiger partial charge is 0.508 e. The number of aromatic hydroxyl groups is 1. The molecule has 2 rings (SSSR count). The number of carbonyl (C=O) groups is 1. The highest BCUT2D eigenvalue weighted by atomic mass is 32.2. The van der Waals surface area contributed by atoms with Gasteiger partial charge in [-0.15, -0.1) is 23.5 Å². The molecule has 0 bridgehead atoms. The van der Waals surface area contributed by atoms with Crippen molar-refractivity contribution in [1.82, 2.24) is 10.2 Å². The Hall–Kier alpha value is -0.850. The maximum absolute atomic E-state index is 12.4. The van der Waals surface area contributed by atoms with E-state index in [0.29, 0.717) is 16.2 Å². The van der Waals surface area contributed by atoms with Crippen LogP contribution in [0.2, 0.25) is 0 Å². The number of phenols is 1. The Morgan fingerprint density at radius 2 is 1.88 bits per heavy atom. The zero-order valence-electron chi connectivity index (χ0n) is 16.1. The number of amides is 1. The fraction of sp³-hybridized carbons (Fsp3) is 0.650. The molecule has 0 heterocycles. The number of hydrogen-bond acceptors (Lipinski definition) is 5. The first kappa shape index (κ1) is 21.5. The number of hydrogen-bond donors (Lipinski definition) is 2. The summed E-state index contributed by atoms with van der Waals surface area (Å²) in [5.74, 6) is 0.469. The van der Waals surface area contributed by atoms with Gasteiger partial charge in [-0.05, 0) is 71.1 Å². The van der Waals surface area contributed by atoms with Crippen LogP contribution in [0.5, 0.6) is 5.75 Å². The molecule has 4 nitrogen and oxygen atoms in total. The van der Waals surface area contributed by atoms with Gasteiger partial charge < -0.3 is 15.3 Å². The van der Waals surface area contributed by atoms with Gasteiger partial charge in [0.1, 0.15) is 5.75 Å². The Balaban J connectivity index is 1.82. The maximum atomic E-state index is 12.4. The van der Waals surface area contributed by atoms with Gasteiger partial charge in [-0.3, -0.25) is 4.79 Å². The summed E-state index contributed by atoms with van der Waals surface area (Å²) in [6.45, 7) is 3.77. The molecule has 0 spiro atoms. The highest BCUT2D eigenvalue weighted by molar-refractivity contribution is 8.04. The Labute approximate surface area is 166 Å².